The van der Waals surface area contributed by atoms with Crippen LogP contribution >= 0.6 is 22.6 Å². The molecule has 2 nitrogen and oxygen atoms in total. The number of rotatable bonds is 12. The van der Waals surface area contributed by atoms with Gasteiger partial charge in [-0.3, -0.25) is 0 Å². The lowest BCUT2D eigenvalue weighted by Gasteiger charge is -2.01. The highest BCUT2D eigenvalue weighted by Crippen LogP contribution is 2.05. The van der Waals surface area contributed by atoms with Crippen LogP contribution in [0.1, 0.15) is 45.4 Å². The first kappa shape index (κ1) is 16.4. The number of allylic oxidation sites excluding steroid dienone is 1. The molecule has 0 unspecified atom stereocenters. The quantitative estimate of drug-likeness (QED) is 0.173. The molecule has 0 atom stereocenters. The van der Waals surface area contributed by atoms with Gasteiger partial charge < -0.3 is 9.47 Å². The Kier molecular flexibility index (Phi) is 15.8. The van der Waals surface area contributed by atoms with Crippen molar-refractivity contribution >= 4 is 22.6 Å². The second-order valence-electron chi connectivity index (χ2n) is 3.67. The van der Waals surface area contributed by atoms with Crippen LogP contribution in [0.25, 0.3) is 0 Å². The molecule has 0 aromatic rings. The maximum atomic E-state index is 5.26. The fourth-order valence-corrected chi connectivity index (χ4v) is 1.84. The van der Waals surface area contributed by atoms with Crippen LogP contribution in [0, 0.1) is 0 Å². The third kappa shape index (κ3) is 14.4. The van der Waals surface area contributed by atoms with Crippen molar-refractivity contribution in [2.45, 2.75) is 45.4 Å². The number of hydrogen-bond donors (Lipinski definition) is 0. The third-order valence-corrected chi connectivity index (χ3v) is 2.98. The van der Waals surface area contributed by atoms with Gasteiger partial charge in [-0.1, -0.05) is 47.6 Å². The second-order valence-corrected chi connectivity index (χ2v) is 4.75. The molecule has 0 aliphatic carbocycles. The number of ether oxygens (including phenoxy) is 2. The van der Waals surface area contributed by atoms with Crippen LogP contribution in [0.15, 0.2) is 12.2 Å². The third-order valence-electron chi connectivity index (χ3n) is 2.22. The number of halogens is 1. The molecule has 0 bridgehead atoms. The predicted molar refractivity (Wildman–Crippen MR) is 78.2 cm³/mol. The minimum absolute atomic E-state index is 0.431. The van der Waals surface area contributed by atoms with Gasteiger partial charge in [-0.25, -0.2) is 0 Å². The first-order chi connectivity index (χ1) is 7.91. The summed E-state index contributed by atoms with van der Waals surface area (Å²) in [6, 6.07) is 0. The van der Waals surface area contributed by atoms with Gasteiger partial charge in [0.1, 0.15) is 6.79 Å². The summed E-state index contributed by atoms with van der Waals surface area (Å²) in [4.78, 5) is 0. The zero-order valence-corrected chi connectivity index (χ0v) is 12.6. The lowest BCUT2D eigenvalue weighted by Crippen LogP contribution is -1.99. The van der Waals surface area contributed by atoms with E-state index < -0.39 is 0 Å². The SMILES string of the molecule is CCOCOCCC=CCCCCCCI. The second kappa shape index (κ2) is 15.4. The van der Waals surface area contributed by atoms with Crippen LogP contribution in [0.5, 0.6) is 0 Å². The number of unbranched alkanes of at least 4 members (excludes halogenated alkanes) is 4. The average molecular weight is 340 g/mol. The van der Waals surface area contributed by atoms with E-state index >= 15 is 0 Å². The van der Waals surface area contributed by atoms with Gasteiger partial charge in [-0.15, -0.1) is 0 Å². The molecule has 0 heterocycles. The minimum atomic E-state index is 0.431. The summed E-state index contributed by atoms with van der Waals surface area (Å²) in [5, 5.41) is 0. The summed E-state index contributed by atoms with van der Waals surface area (Å²) in [6.07, 6.45) is 12.1. The van der Waals surface area contributed by atoms with Gasteiger partial charge in [0.25, 0.3) is 0 Å². The molecule has 0 spiro atoms. The first-order valence-corrected chi connectivity index (χ1v) is 7.80. The van der Waals surface area contributed by atoms with Crippen molar-refractivity contribution in [2.24, 2.45) is 0 Å². The molecule has 0 fully saturated rings. The molecule has 0 rings (SSSR count). The van der Waals surface area contributed by atoms with Crippen molar-refractivity contribution in [3.63, 3.8) is 0 Å². The van der Waals surface area contributed by atoms with E-state index in [1.165, 1.54) is 36.5 Å². The molecule has 0 aliphatic heterocycles. The fraction of sp³-hybridized carbons (Fsp3) is 0.846. The molecule has 0 aliphatic rings. The van der Waals surface area contributed by atoms with E-state index in [4.69, 9.17) is 9.47 Å². The molecule has 0 N–H and O–H groups in total. The minimum Gasteiger partial charge on any atom is -0.356 e. The van der Waals surface area contributed by atoms with Crippen LogP contribution in [0.2, 0.25) is 0 Å². The molecule has 16 heavy (non-hydrogen) atoms. The van der Waals surface area contributed by atoms with E-state index in [0.29, 0.717) is 6.79 Å². The largest absolute Gasteiger partial charge is 0.356 e. The summed E-state index contributed by atoms with van der Waals surface area (Å²) < 4.78 is 11.6. The Balaban J connectivity index is 2.98. The highest BCUT2D eigenvalue weighted by atomic mass is 127. The van der Waals surface area contributed by atoms with Gasteiger partial charge >= 0.3 is 0 Å². The maximum Gasteiger partial charge on any atom is 0.146 e. The van der Waals surface area contributed by atoms with E-state index in [1.807, 2.05) is 6.92 Å². The molecule has 0 radical (unpaired) electrons. The van der Waals surface area contributed by atoms with Crippen LogP contribution < -0.4 is 0 Å². The van der Waals surface area contributed by atoms with Gasteiger partial charge in [-0.2, -0.15) is 0 Å². The van der Waals surface area contributed by atoms with E-state index in [-0.39, 0.29) is 0 Å². The van der Waals surface area contributed by atoms with Crippen molar-refractivity contribution < 1.29 is 9.47 Å². The molecule has 0 amide bonds. The van der Waals surface area contributed by atoms with Crippen LogP contribution in [-0.2, 0) is 9.47 Å². The molecule has 0 aromatic carbocycles. The van der Waals surface area contributed by atoms with Gasteiger partial charge in [0.15, 0.2) is 0 Å². The lowest BCUT2D eigenvalue weighted by atomic mass is 10.1. The Morgan fingerprint density at radius 2 is 1.69 bits per heavy atom. The van der Waals surface area contributed by atoms with Crippen molar-refractivity contribution in [3.05, 3.63) is 12.2 Å². The van der Waals surface area contributed by atoms with Gasteiger partial charge in [-0.05, 0) is 37.0 Å². The van der Waals surface area contributed by atoms with E-state index in [0.717, 1.165) is 19.6 Å². The van der Waals surface area contributed by atoms with Crippen molar-refractivity contribution in [1.82, 2.24) is 0 Å². The molecular formula is C13H25IO2. The van der Waals surface area contributed by atoms with Gasteiger partial charge in [0.2, 0.25) is 0 Å². The normalized spacial score (nSPS) is 11.4. The average Bonchev–Trinajstić information content (AvgIpc) is 2.31. The van der Waals surface area contributed by atoms with E-state index in [2.05, 4.69) is 34.7 Å². The molecular weight excluding hydrogens is 315 g/mol. The Hall–Kier alpha value is 0.390. The van der Waals surface area contributed by atoms with Gasteiger partial charge in [0.05, 0.1) is 6.61 Å². The van der Waals surface area contributed by atoms with E-state index in [1.54, 1.807) is 0 Å². The zero-order valence-electron chi connectivity index (χ0n) is 10.4. The molecule has 0 saturated heterocycles. The Morgan fingerprint density at radius 1 is 0.938 bits per heavy atom. The molecule has 0 saturated carbocycles. The van der Waals surface area contributed by atoms with Crippen LogP contribution in [0.4, 0.5) is 0 Å². The van der Waals surface area contributed by atoms with E-state index in [9.17, 15) is 0 Å². The van der Waals surface area contributed by atoms with Crippen molar-refractivity contribution in [1.29, 1.82) is 0 Å². The summed E-state index contributed by atoms with van der Waals surface area (Å²) in [7, 11) is 0. The summed E-state index contributed by atoms with van der Waals surface area (Å²) in [5.41, 5.74) is 0. The van der Waals surface area contributed by atoms with Crippen molar-refractivity contribution in [2.75, 3.05) is 24.4 Å². The monoisotopic (exact) mass is 340 g/mol. The summed E-state index contributed by atoms with van der Waals surface area (Å²) >= 11 is 2.44. The highest BCUT2D eigenvalue weighted by molar-refractivity contribution is 14.1. The maximum absolute atomic E-state index is 5.26. The molecule has 0 aromatic heterocycles. The fourth-order valence-electron chi connectivity index (χ4n) is 1.30. The summed E-state index contributed by atoms with van der Waals surface area (Å²) in [6.45, 7) is 3.90. The smallest absolute Gasteiger partial charge is 0.146 e. The van der Waals surface area contributed by atoms with Crippen molar-refractivity contribution in [3.8, 4) is 0 Å². The Bertz CT molecular complexity index is 133. The first-order valence-electron chi connectivity index (χ1n) is 6.28. The summed E-state index contributed by atoms with van der Waals surface area (Å²) in [5.74, 6) is 0. The van der Waals surface area contributed by atoms with Crippen LogP contribution in [-0.4, -0.2) is 24.4 Å². The highest BCUT2D eigenvalue weighted by Gasteiger charge is 1.87. The Labute approximate surface area is 114 Å². The lowest BCUT2D eigenvalue weighted by molar-refractivity contribution is -0.0476. The van der Waals surface area contributed by atoms with Gasteiger partial charge in [0, 0.05) is 6.61 Å². The molecule has 3 heteroatoms. The topological polar surface area (TPSA) is 18.5 Å². The standard InChI is InChI=1S/C13H25IO2/c1-2-15-13-16-12-10-8-6-4-3-5-7-9-11-14/h6,8H,2-5,7,9-13H2,1H3. The molecule has 96 valence electrons. The number of alkyl halides is 1. The van der Waals surface area contributed by atoms with Crippen LogP contribution in [0.3, 0.4) is 0 Å². The predicted octanol–water partition coefficient (Wildman–Crippen LogP) is 4.33. The zero-order chi connectivity index (χ0) is 11.9. The number of hydrogen-bond acceptors (Lipinski definition) is 2. The Morgan fingerprint density at radius 3 is 2.44 bits per heavy atom.